The van der Waals surface area contributed by atoms with Gasteiger partial charge in [0.15, 0.2) is 0 Å². The van der Waals surface area contributed by atoms with E-state index in [4.69, 9.17) is 5.73 Å². The Kier molecular flexibility index (Phi) is 2.15. The molecule has 1 atom stereocenters. The minimum Gasteiger partial charge on any atom is -0.290 e. The van der Waals surface area contributed by atoms with Gasteiger partial charge in [-0.3, -0.25) is 11.1 Å². The Bertz CT molecular complexity index is 688. The lowest BCUT2D eigenvalue weighted by Crippen LogP contribution is -2.30. The van der Waals surface area contributed by atoms with Crippen molar-refractivity contribution in [1.82, 2.24) is 5.32 Å². The molecule has 0 fully saturated rings. The Balaban J connectivity index is 2.03. The fourth-order valence-corrected chi connectivity index (χ4v) is 3.21. The van der Waals surface area contributed by atoms with Gasteiger partial charge >= 0.3 is 5.96 Å². The monoisotopic (exact) mass is 250 g/mol. The average molecular weight is 250 g/mol. The lowest BCUT2D eigenvalue weighted by atomic mass is 9.97. The standard InChI is InChI=1S/C16H15N3/c17-16-18-10-15-13-7-3-1-5-11(13)9-12-6-2-4-8-14(12)19(15)16/h1-8,15H,9-10H2,(H2,17,18)/p+1/t15-/m0/s1. The van der Waals surface area contributed by atoms with Crippen molar-refractivity contribution in [3.05, 3.63) is 65.2 Å². The molecular formula is C16H16N3+. The normalized spacial score (nSPS) is 20.1. The maximum Gasteiger partial charge on any atom is 0.349 e. The fraction of sp³-hybridized carbons (Fsp3) is 0.188. The van der Waals surface area contributed by atoms with Gasteiger partial charge in [0.05, 0.1) is 0 Å². The predicted octanol–water partition coefficient (Wildman–Crippen LogP) is 1.89. The number of hydrogen-bond acceptors (Lipinski definition) is 2. The van der Waals surface area contributed by atoms with Gasteiger partial charge in [-0.1, -0.05) is 42.5 Å². The van der Waals surface area contributed by atoms with Crippen molar-refractivity contribution >= 4 is 11.6 Å². The third-order valence-electron chi connectivity index (χ3n) is 4.09. The number of fused-ring (bicyclic) bond motifs is 5. The summed E-state index contributed by atoms with van der Waals surface area (Å²) in [5.74, 6) is 0.758. The summed E-state index contributed by atoms with van der Waals surface area (Å²) < 4.78 is 2.24. The maximum atomic E-state index is 6.16. The molecular weight excluding hydrogens is 234 g/mol. The number of nitrogens with two attached hydrogens (primary N) is 1. The Morgan fingerprint density at radius 2 is 1.74 bits per heavy atom. The molecule has 0 radical (unpaired) electrons. The molecule has 4 rings (SSSR count). The van der Waals surface area contributed by atoms with E-state index in [0.717, 1.165) is 18.9 Å². The van der Waals surface area contributed by atoms with E-state index in [-0.39, 0.29) is 0 Å². The van der Waals surface area contributed by atoms with Gasteiger partial charge in [0, 0.05) is 6.42 Å². The van der Waals surface area contributed by atoms with E-state index in [1.165, 1.54) is 22.4 Å². The van der Waals surface area contributed by atoms with Crippen molar-refractivity contribution < 1.29 is 4.58 Å². The second kappa shape index (κ2) is 3.85. The van der Waals surface area contributed by atoms with Crippen LogP contribution in [0.25, 0.3) is 0 Å². The molecule has 2 aliphatic heterocycles. The largest absolute Gasteiger partial charge is 0.349 e. The summed E-state index contributed by atoms with van der Waals surface area (Å²) in [6.45, 7) is 0.872. The Morgan fingerprint density at radius 1 is 1.00 bits per heavy atom. The van der Waals surface area contributed by atoms with Gasteiger partial charge in [-0.15, -0.1) is 0 Å². The van der Waals surface area contributed by atoms with Crippen molar-refractivity contribution in [2.75, 3.05) is 6.54 Å². The number of nitrogens with one attached hydrogen (secondary N) is 1. The first-order valence-corrected chi connectivity index (χ1v) is 6.66. The van der Waals surface area contributed by atoms with Crippen LogP contribution in [-0.4, -0.2) is 17.1 Å². The van der Waals surface area contributed by atoms with Gasteiger partial charge in [-0.05, 0) is 22.8 Å². The Labute approximate surface area is 112 Å². The van der Waals surface area contributed by atoms with Crippen LogP contribution in [0.15, 0.2) is 48.5 Å². The summed E-state index contributed by atoms with van der Waals surface area (Å²) in [5, 5.41) is 3.29. The summed E-state index contributed by atoms with van der Waals surface area (Å²) >= 11 is 0. The van der Waals surface area contributed by atoms with Gasteiger partial charge in [0.2, 0.25) is 0 Å². The molecule has 3 heteroatoms. The zero-order chi connectivity index (χ0) is 12.8. The lowest BCUT2D eigenvalue weighted by Gasteiger charge is -2.13. The van der Waals surface area contributed by atoms with Crippen LogP contribution in [0.2, 0.25) is 0 Å². The minimum absolute atomic E-state index is 0.305. The molecule has 0 bridgehead atoms. The number of hydrogen-bond donors (Lipinski definition) is 2. The Morgan fingerprint density at radius 3 is 2.63 bits per heavy atom. The van der Waals surface area contributed by atoms with E-state index in [2.05, 4.69) is 58.4 Å². The van der Waals surface area contributed by atoms with E-state index in [0.29, 0.717) is 6.04 Å². The third kappa shape index (κ3) is 1.48. The smallest absolute Gasteiger partial charge is 0.290 e. The fourth-order valence-electron chi connectivity index (χ4n) is 3.21. The SMILES string of the molecule is NC1=[N+]2c3ccccc3Cc3ccccc3[C@@H]2CN1. The molecule has 0 saturated carbocycles. The number of para-hydroxylation sites is 1. The van der Waals surface area contributed by atoms with Crippen LogP contribution >= 0.6 is 0 Å². The molecule has 94 valence electrons. The highest BCUT2D eigenvalue weighted by atomic mass is 15.3. The zero-order valence-corrected chi connectivity index (χ0v) is 10.6. The molecule has 0 unspecified atom stereocenters. The van der Waals surface area contributed by atoms with Crippen LogP contribution in [0.3, 0.4) is 0 Å². The minimum atomic E-state index is 0.305. The highest BCUT2D eigenvalue weighted by molar-refractivity contribution is 5.76. The topological polar surface area (TPSA) is 41.1 Å². The molecule has 2 aromatic rings. The Hall–Kier alpha value is -2.29. The van der Waals surface area contributed by atoms with Crippen molar-refractivity contribution in [3.8, 4) is 0 Å². The molecule has 0 saturated heterocycles. The quantitative estimate of drug-likeness (QED) is 0.701. The van der Waals surface area contributed by atoms with Crippen LogP contribution < -0.4 is 11.1 Å². The summed E-state index contributed by atoms with van der Waals surface area (Å²) in [6, 6.07) is 17.5. The van der Waals surface area contributed by atoms with Gasteiger partial charge in [0.1, 0.15) is 18.3 Å². The van der Waals surface area contributed by atoms with Gasteiger partial charge in [-0.2, -0.15) is 0 Å². The van der Waals surface area contributed by atoms with Gasteiger partial charge in [0.25, 0.3) is 0 Å². The zero-order valence-electron chi connectivity index (χ0n) is 10.6. The van der Waals surface area contributed by atoms with E-state index in [9.17, 15) is 0 Å². The van der Waals surface area contributed by atoms with Gasteiger partial charge in [-0.25, -0.2) is 4.58 Å². The molecule has 0 aromatic heterocycles. The molecule has 0 spiro atoms. The van der Waals surface area contributed by atoms with E-state index >= 15 is 0 Å². The summed E-state index contributed by atoms with van der Waals surface area (Å²) in [7, 11) is 0. The number of rotatable bonds is 0. The number of guanidine groups is 1. The first-order valence-electron chi connectivity index (χ1n) is 6.66. The molecule has 2 aromatic carbocycles. The average Bonchev–Trinajstić information content (AvgIpc) is 2.75. The van der Waals surface area contributed by atoms with Crippen molar-refractivity contribution in [1.29, 1.82) is 0 Å². The van der Waals surface area contributed by atoms with Crippen LogP contribution in [0.4, 0.5) is 5.69 Å². The molecule has 0 aliphatic carbocycles. The third-order valence-corrected chi connectivity index (χ3v) is 4.09. The van der Waals surface area contributed by atoms with Crippen LogP contribution in [0.1, 0.15) is 22.7 Å². The van der Waals surface area contributed by atoms with E-state index in [1.807, 2.05) is 0 Å². The van der Waals surface area contributed by atoms with Crippen LogP contribution in [0.5, 0.6) is 0 Å². The van der Waals surface area contributed by atoms with Gasteiger partial charge < -0.3 is 0 Å². The molecule has 2 aliphatic rings. The molecule has 3 nitrogen and oxygen atoms in total. The first-order chi connectivity index (χ1) is 9.34. The predicted molar refractivity (Wildman–Crippen MR) is 75.5 cm³/mol. The highest BCUT2D eigenvalue weighted by Gasteiger charge is 2.35. The second-order valence-electron chi connectivity index (χ2n) is 5.16. The summed E-state index contributed by atoms with van der Waals surface area (Å²) in [4.78, 5) is 0. The molecule has 3 N–H and O–H groups in total. The van der Waals surface area contributed by atoms with Crippen molar-refractivity contribution in [3.63, 3.8) is 0 Å². The molecule has 2 heterocycles. The number of benzene rings is 2. The lowest BCUT2D eigenvalue weighted by molar-refractivity contribution is -0.479. The number of nitrogens with zero attached hydrogens (tertiary/aromatic N) is 1. The van der Waals surface area contributed by atoms with Crippen LogP contribution in [-0.2, 0) is 6.42 Å². The maximum absolute atomic E-state index is 6.16. The first kappa shape index (κ1) is 10.6. The second-order valence-corrected chi connectivity index (χ2v) is 5.16. The molecule has 19 heavy (non-hydrogen) atoms. The van der Waals surface area contributed by atoms with Crippen molar-refractivity contribution in [2.24, 2.45) is 5.73 Å². The molecule has 0 amide bonds. The van der Waals surface area contributed by atoms with E-state index in [1.54, 1.807) is 0 Å². The van der Waals surface area contributed by atoms with Crippen LogP contribution in [0, 0.1) is 0 Å². The van der Waals surface area contributed by atoms with E-state index < -0.39 is 0 Å². The highest BCUT2D eigenvalue weighted by Crippen LogP contribution is 2.36. The summed E-state index contributed by atoms with van der Waals surface area (Å²) in [5.41, 5.74) is 11.5. The summed E-state index contributed by atoms with van der Waals surface area (Å²) in [6.07, 6.45) is 0.979. The van der Waals surface area contributed by atoms with Crippen molar-refractivity contribution in [2.45, 2.75) is 12.5 Å².